The molecule has 0 aromatic carbocycles. The van der Waals surface area contributed by atoms with Crippen LogP contribution < -0.4 is 41.7 Å². The molecule has 2 amide bonds. The Labute approximate surface area is 490 Å². The molecular weight excluding hydrogens is 1090 g/mol. The Morgan fingerprint density at radius 2 is 1.35 bits per heavy atom. The number of nitrogens with one attached hydrogen (secondary N) is 2. The number of nitriles is 2. The van der Waals surface area contributed by atoms with Crippen LogP contribution in [0, 0.1) is 28.6 Å². The summed E-state index contributed by atoms with van der Waals surface area (Å²) in [5, 5.41) is 37.4. The van der Waals surface area contributed by atoms with Crippen molar-refractivity contribution in [2.45, 2.75) is 82.1 Å². The molecule has 4 fully saturated rings. The van der Waals surface area contributed by atoms with Gasteiger partial charge in [-0.2, -0.15) is 20.5 Å². The van der Waals surface area contributed by atoms with Crippen molar-refractivity contribution < 1.29 is 18.6 Å². The van der Waals surface area contributed by atoms with Gasteiger partial charge in [0.15, 0.2) is 0 Å². The Morgan fingerprint density at radius 1 is 0.771 bits per heavy atom. The molecule has 6 N–H and O–H groups in total. The second kappa shape index (κ2) is 22.7. The van der Waals surface area contributed by atoms with Gasteiger partial charge in [0, 0.05) is 155 Å². The van der Waals surface area contributed by atoms with E-state index < -0.39 is 10.8 Å². The third kappa shape index (κ3) is 10.4. The minimum Gasteiger partial charge on any atom is -0.389 e. The van der Waals surface area contributed by atoms with Crippen LogP contribution in [0.5, 0.6) is 0 Å². The predicted octanol–water partition coefficient (Wildman–Crippen LogP) is 6.02. The summed E-state index contributed by atoms with van der Waals surface area (Å²) in [5.41, 5.74) is 17.6. The summed E-state index contributed by atoms with van der Waals surface area (Å²) in [6, 6.07) is 13.3. The molecule has 0 saturated carbocycles. The lowest BCUT2D eigenvalue weighted by Crippen LogP contribution is -2.51. The summed E-state index contributed by atoms with van der Waals surface area (Å²) in [5.74, 6) is 3.51. The van der Waals surface area contributed by atoms with Gasteiger partial charge in [0.2, 0.25) is 35.2 Å². The summed E-state index contributed by atoms with van der Waals surface area (Å²) in [7, 11) is 0. The quantitative estimate of drug-likeness (QED) is 0.0856. The van der Waals surface area contributed by atoms with Crippen LogP contribution in [0.15, 0.2) is 58.6 Å². The fourth-order valence-electron chi connectivity index (χ4n) is 13.3. The Morgan fingerprint density at radius 3 is 1.96 bits per heavy atom. The highest BCUT2D eigenvalue weighted by atomic mass is 32.1. The number of carbonyl (C=O) groups excluding carboxylic acids is 2. The lowest BCUT2D eigenvalue weighted by atomic mass is 9.68. The number of aromatic nitrogens is 6. The second-order valence-electron chi connectivity index (χ2n) is 23.3. The van der Waals surface area contributed by atoms with E-state index in [4.69, 9.17) is 40.4 Å². The van der Waals surface area contributed by atoms with Gasteiger partial charge in [-0.05, 0) is 89.5 Å². The number of piperazine rings is 3. The van der Waals surface area contributed by atoms with Crippen molar-refractivity contribution in [1.29, 1.82) is 10.5 Å². The number of aryl methyl sites for hydroxylation is 1. The Bertz CT molecular complexity index is 3550. The van der Waals surface area contributed by atoms with Crippen LogP contribution in [0.2, 0.25) is 0 Å². The van der Waals surface area contributed by atoms with Gasteiger partial charge in [-0.3, -0.25) is 14.5 Å². The van der Waals surface area contributed by atoms with Crippen LogP contribution in [0.3, 0.4) is 0 Å². The van der Waals surface area contributed by atoms with E-state index in [1.165, 1.54) is 34.8 Å². The van der Waals surface area contributed by atoms with Crippen molar-refractivity contribution in [1.82, 2.24) is 50.7 Å². The molecule has 10 heterocycles. The van der Waals surface area contributed by atoms with Crippen LogP contribution in [0.25, 0.3) is 23.0 Å². The number of thiophene rings is 2. The second-order valence-corrected chi connectivity index (χ2v) is 25.5. The number of nitrogen functional groups attached to an aromatic ring is 2. The standard InChI is InChI=1S/C59H70N18O4S2/c1-6-47(78)65-32-36-33-77(34-36)39-27-43(66-45(29-39)74-15-13-64-14-16-74)55-69-57(81-71-55)59(5)12-10-37(51-50(59)41(31-61)53(63)83-51)25-35(3)72-17-21-75(22-18-72)46-28-38(73-19-23-76(24-20-73)48(79)7-2)26-42(67-46)54-68-56(80-70-54)58(4)11-8-9-44-49(58)40(30-60)52(62)82-44/h6-7,26-29,35-37,64H,1-2,8-25,32-34,62-63H2,3-5H3,(H,65,78). The fourth-order valence-corrected chi connectivity index (χ4v) is 15.8. The third-order valence-electron chi connectivity index (χ3n) is 18.1. The van der Waals surface area contributed by atoms with E-state index >= 15 is 0 Å². The number of carbonyl (C=O) groups is 2. The molecule has 83 heavy (non-hydrogen) atoms. The third-order valence-corrected chi connectivity index (χ3v) is 20.4. The van der Waals surface area contributed by atoms with Crippen molar-refractivity contribution in [2.24, 2.45) is 5.92 Å². The minimum absolute atomic E-state index is 0.0750. The summed E-state index contributed by atoms with van der Waals surface area (Å²) >= 11 is 2.98. The molecule has 24 heteroatoms. The SMILES string of the molecule is C=CC(=O)NCC1CN(c2cc(-c3noc(C4(C)CCC(CC(C)N5CCN(c6cc(N7CCN(C(=O)C=C)CC7)cc(-c7noc(C8(C)CCCc9sc(N)c(C#N)c98)n7)n6)CC5)c5sc(N)c(C#N)c54)n3)nc(N3CCNCC3)c2)C1. The Balaban J connectivity index is 0.760. The number of nitrogens with two attached hydrogens (primary N) is 2. The van der Waals surface area contributed by atoms with Gasteiger partial charge < -0.3 is 55.6 Å². The first-order chi connectivity index (χ1) is 40.2. The highest BCUT2D eigenvalue weighted by molar-refractivity contribution is 7.16. The number of nitrogens with zero attached hydrogens (tertiary/aromatic N) is 14. The molecule has 12 rings (SSSR count). The average molecular weight is 1160 g/mol. The smallest absolute Gasteiger partial charge is 0.246 e. The topological polar surface area (TPSA) is 281 Å². The van der Waals surface area contributed by atoms with E-state index in [2.05, 4.69) is 104 Å². The van der Waals surface area contributed by atoms with Gasteiger partial charge in [0.1, 0.15) is 45.2 Å². The van der Waals surface area contributed by atoms with E-state index in [0.29, 0.717) is 101 Å². The molecule has 4 atom stereocenters. The zero-order valence-electron chi connectivity index (χ0n) is 47.3. The van der Waals surface area contributed by atoms with E-state index in [1.807, 2.05) is 17.0 Å². The number of anilines is 6. The minimum atomic E-state index is -0.762. The van der Waals surface area contributed by atoms with Crippen molar-refractivity contribution >= 4 is 67.5 Å². The normalized spacial score (nSPS) is 22.5. The molecular formula is C59H70N18O4S2. The molecule has 0 radical (unpaired) electrons. The number of amides is 2. The van der Waals surface area contributed by atoms with Crippen LogP contribution in [-0.2, 0) is 26.8 Å². The molecule has 4 saturated heterocycles. The Kier molecular flexibility index (Phi) is 15.2. The first-order valence-corrected chi connectivity index (χ1v) is 30.5. The van der Waals surface area contributed by atoms with Crippen molar-refractivity contribution in [3.8, 4) is 35.2 Å². The van der Waals surface area contributed by atoms with Gasteiger partial charge >= 0.3 is 0 Å². The highest BCUT2D eigenvalue weighted by Crippen LogP contribution is 2.54. The number of hydrogen-bond donors (Lipinski definition) is 4. The van der Waals surface area contributed by atoms with Crippen LogP contribution in [0.1, 0.15) is 103 Å². The average Bonchev–Trinajstić information content (AvgIpc) is 4.13. The summed E-state index contributed by atoms with van der Waals surface area (Å²) in [6.45, 7) is 24.7. The number of rotatable bonds is 15. The lowest BCUT2D eigenvalue weighted by Gasteiger charge is -2.41. The van der Waals surface area contributed by atoms with E-state index in [9.17, 15) is 20.1 Å². The van der Waals surface area contributed by atoms with Gasteiger partial charge in [0.25, 0.3) is 0 Å². The highest BCUT2D eigenvalue weighted by Gasteiger charge is 2.47. The van der Waals surface area contributed by atoms with Crippen LogP contribution >= 0.6 is 22.7 Å². The fraction of sp³-hybridized carbons (Fsp3) is 0.492. The zero-order valence-corrected chi connectivity index (χ0v) is 49.0. The monoisotopic (exact) mass is 1160 g/mol. The summed E-state index contributed by atoms with van der Waals surface area (Å²) in [6.07, 6.45) is 7.56. The van der Waals surface area contributed by atoms with E-state index in [1.54, 1.807) is 0 Å². The number of hydrogen-bond acceptors (Lipinski definition) is 22. The predicted molar refractivity (Wildman–Crippen MR) is 321 cm³/mol. The van der Waals surface area contributed by atoms with Gasteiger partial charge in [0.05, 0.1) is 22.0 Å². The molecule has 4 aliphatic heterocycles. The lowest BCUT2D eigenvalue weighted by molar-refractivity contribution is -0.126. The number of pyridine rings is 2. The Hall–Kier alpha value is -7.90. The molecule has 6 aromatic rings. The maximum Gasteiger partial charge on any atom is 0.246 e. The first kappa shape index (κ1) is 55.6. The zero-order chi connectivity index (χ0) is 57.7. The van der Waals surface area contributed by atoms with E-state index in [0.717, 1.165) is 141 Å². The summed E-state index contributed by atoms with van der Waals surface area (Å²) < 4.78 is 12.3. The van der Waals surface area contributed by atoms with Gasteiger partial charge in [-0.25, -0.2) is 9.97 Å². The molecule has 6 aromatic heterocycles. The molecule has 0 bridgehead atoms. The van der Waals surface area contributed by atoms with Crippen molar-refractivity contribution in [3.63, 3.8) is 0 Å². The molecule has 22 nitrogen and oxygen atoms in total. The maximum absolute atomic E-state index is 12.6. The van der Waals surface area contributed by atoms with Crippen molar-refractivity contribution in [3.05, 3.63) is 93.4 Å². The molecule has 2 aliphatic carbocycles. The largest absolute Gasteiger partial charge is 0.389 e. The van der Waals surface area contributed by atoms with E-state index in [-0.39, 0.29) is 23.8 Å². The first-order valence-electron chi connectivity index (χ1n) is 28.8. The molecule has 0 spiro atoms. The number of fused-ring (bicyclic) bond motifs is 2. The van der Waals surface area contributed by atoms with Crippen molar-refractivity contribution in [2.75, 3.05) is 129 Å². The maximum atomic E-state index is 12.6. The molecule has 4 unspecified atom stereocenters. The van der Waals surface area contributed by atoms with Crippen LogP contribution in [-0.4, -0.2) is 156 Å². The van der Waals surface area contributed by atoms with Gasteiger partial charge in [-0.15, -0.1) is 22.7 Å². The van der Waals surface area contributed by atoms with Crippen LogP contribution in [0.4, 0.5) is 33.0 Å². The molecule has 432 valence electrons. The van der Waals surface area contributed by atoms with Gasteiger partial charge in [-0.1, -0.05) is 23.5 Å². The molecule has 6 aliphatic rings. The summed E-state index contributed by atoms with van der Waals surface area (Å²) in [4.78, 5) is 60.6.